The van der Waals surface area contributed by atoms with Gasteiger partial charge in [0.15, 0.2) is 0 Å². The van der Waals surface area contributed by atoms with Crippen LogP contribution in [0.15, 0.2) is 0 Å². The van der Waals surface area contributed by atoms with Gasteiger partial charge in [0.1, 0.15) is 5.82 Å². The van der Waals surface area contributed by atoms with Crippen LogP contribution in [0, 0.1) is 5.92 Å². The molecule has 1 atom stereocenters. The zero-order valence-electron chi connectivity index (χ0n) is 11.4. The number of aromatic amines is 1. The van der Waals surface area contributed by atoms with E-state index in [-0.39, 0.29) is 18.2 Å². The summed E-state index contributed by atoms with van der Waals surface area (Å²) in [4.78, 5) is 26.7. The van der Waals surface area contributed by atoms with Crippen molar-refractivity contribution in [2.45, 2.75) is 46.1 Å². The van der Waals surface area contributed by atoms with Gasteiger partial charge < -0.3 is 10.4 Å². The summed E-state index contributed by atoms with van der Waals surface area (Å²) in [6, 6.07) is -0.432. The smallest absolute Gasteiger partial charge is 0.305 e. The molecule has 19 heavy (non-hydrogen) atoms. The van der Waals surface area contributed by atoms with Crippen LogP contribution in [0.3, 0.4) is 0 Å². The lowest BCUT2D eigenvalue weighted by Gasteiger charge is -2.19. The van der Waals surface area contributed by atoms with E-state index in [2.05, 4.69) is 20.5 Å². The molecule has 1 aromatic rings. The molecule has 7 nitrogen and oxygen atoms in total. The standard InChI is InChI=1S/C12H20N4O3/c1-4-5-9-14-11(16-15-9)12(19)13-8(7(2)3)6-10(17)18/h7-8H,4-6H2,1-3H3,(H,13,19)(H,17,18)(H,14,15,16). The molecule has 0 aliphatic rings. The van der Waals surface area contributed by atoms with Crippen molar-refractivity contribution in [3.63, 3.8) is 0 Å². The van der Waals surface area contributed by atoms with Crippen molar-refractivity contribution in [1.82, 2.24) is 20.5 Å². The van der Waals surface area contributed by atoms with Crippen LogP contribution < -0.4 is 5.32 Å². The molecule has 0 aliphatic carbocycles. The van der Waals surface area contributed by atoms with Crippen molar-refractivity contribution in [3.05, 3.63) is 11.6 Å². The van der Waals surface area contributed by atoms with Crippen LogP contribution in [0.4, 0.5) is 0 Å². The molecule has 0 aromatic carbocycles. The first-order valence-corrected chi connectivity index (χ1v) is 6.38. The first kappa shape index (κ1) is 15.1. The fraction of sp³-hybridized carbons (Fsp3) is 0.667. The predicted octanol–water partition coefficient (Wildman–Crippen LogP) is 0.986. The van der Waals surface area contributed by atoms with Gasteiger partial charge in [0, 0.05) is 12.5 Å². The molecule has 106 valence electrons. The van der Waals surface area contributed by atoms with E-state index >= 15 is 0 Å². The largest absolute Gasteiger partial charge is 0.481 e. The van der Waals surface area contributed by atoms with Gasteiger partial charge in [-0.25, -0.2) is 4.98 Å². The highest BCUT2D eigenvalue weighted by atomic mass is 16.4. The number of H-pyrrole nitrogens is 1. The zero-order valence-corrected chi connectivity index (χ0v) is 11.4. The second-order valence-electron chi connectivity index (χ2n) is 4.78. The Morgan fingerprint density at radius 2 is 2.11 bits per heavy atom. The van der Waals surface area contributed by atoms with E-state index < -0.39 is 17.9 Å². The van der Waals surface area contributed by atoms with E-state index in [0.29, 0.717) is 5.82 Å². The highest BCUT2D eigenvalue weighted by Crippen LogP contribution is 2.07. The van der Waals surface area contributed by atoms with Gasteiger partial charge in [0.25, 0.3) is 5.91 Å². The molecule has 1 aromatic heterocycles. The summed E-state index contributed by atoms with van der Waals surface area (Å²) in [6.07, 6.45) is 1.52. The third-order valence-corrected chi connectivity index (χ3v) is 2.74. The lowest BCUT2D eigenvalue weighted by molar-refractivity contribution is -0.137. The minimum atomic E-state index is -0.944. The molecule has 1 rings (SSSR count). The Morgan fingerprint density at radius 3 is 2.63 bits per heavy atom. The van der Waals surface area contributed by atoms with Crippen LogP contribution in [0.1, 0.15) is 50.1 Å². The minimum absolute atomic E-state index is 0.0223. The Bertz CT molecular complexity index is 442. The number of hydrogen-bond donors (Lipinski definition) is 3. The molecule has 7 heteroatoms. The second-order valence-corrected chi connectivity index (χ2v) is 4.78. The van der Waals surface area contributed by atoms with Crippen molar-refractivity contribution in [2.24, 2.45) is 5.92 Å². The van der Waals surface area contributed by atoms with E-state index in [1.54, 1.807) is 0 Å². The number of carboxylic acid groups (broad SMARTS) is 1. The van der Waals surface area contributed by atoms with Crippen LogP contribution in [0.5, 0.6) is 0 Å². The highest BCUT2D eigenvalue weighted by Gasteiger charge is 2.22. The lowest BCUT2D eigenvalue weighted by Crippen LogP contribution is -2.40. The maximum absolute atomic E-state index is 11.9. The average molecular weight is 268 g/mol. The van der Waals surface area contributed by atoms with Gasteiger partial charge in [0.05, 0.1) is 6.42 Å². The van der Waals surface area contributed by atoms with Crippen LogP contribution in [0.25, 0.3) is 0 Å². The molecule has 0 spiro atoms. The van der Waals surface area contributed by atoms with Crippen molar-refractivity contribution in [1.29, 1.82) is 0 Å². The van der Waals surface area contributed by atoms with Gasteiger partial charge in [-0.05, 0) is 12.3 Å². The molecule has 1 amide bonds. The number of nitrogens with one attached hydrogen (secondary N) is 2. The van der Waals surface area contributed by atoms with E-state index in [0.717, 1.165) is 12.8 Å². The zero-order chi connectivity index (χ0) is 14.4. The number of rotatable bonds is 7. The predicted molar refractivity (Wildman–Crippen MR) is 68.7 cm³/mol. The molecule has 0 radical (unpaired) electrons. The Labute approximate surface area is 111 Å². The second kappa shape index (κ2) is 6.86. The SMILES string of the molecule is CCCc1nc(C(=O)NC(CC(=O)O)C(C)C)n[nH]1. The quantitative estimate of drug-likeness (QED) is 0.683. The number of aliphatic carboxylic acids is 1. The average Bonchev–Trinajstić information content (AvgIpc) is 2.76. The van der Waals surface area contributed by atoms with Gasteiger partial charge in [-0.3, -0.25) is 14.7 Å². The molecule has 0 aliphatic heterocycles. The summed E-state index contributed by atoms with van der Waals surface area (Å²) < 4.78 is 0. The molecule has 0 bridgehead atoms. The summed E-state index contributed by atoms with van der Waals surface area (Å²) in [6.45, 7) is 5.71. The summed E-state index contributed by atoms with van der Waals surface area (Å²) in [5.74, 6) is -0.653. The van der Waals surface area contributed by atoms with Gasteiger partial charge in [-0.1, -0.05) is 20.8 Å². The van der Waals surface area contributed by atoms with Crippen molar-refractivity contribution in [2.75, 3.05) is 0 Å². The van der Waals surface area contributed by atoms with Gasteiger partial charge in [-0.15, -0.1) is 5.10 Å². The Kier molecular flexibility index (Phi) is 5.47. The molecular formula is C12H20N4O3. The van der Waals surface area contributed by atoms with Gasteiger partial charge >= 0.3 is 5.97 Å². The van der Waals surface area contributed by atoms with Crippen LogP contribution in [0.2, 0.25) is 0 Å². The van der Waals surface area contributed by atoms with Crippen LogP contribution in [-0.2, 0) is 11.2 Å². The number of carbonyl (C=O) groups excluding carboxylic acids is 1. The number of carboxylic acids is 1. The van der Waals surface area contributed by atoms with E-state index in [1.165, 1.54) is 0 Å². The first-order chi connectivity index (χ1) is 8.93. The highest BCUT2D eigenvalue weighted by molar-refractivity contribution is 5.90. The first-order valence-electron chi connectivity index (χ1n) is 6.38. The molecule has 0 fully saturated rings. The van der Waals surface area contributed by atoms with Crippen molar-refractivity contribution in [3.8, 4) is 0 Å². The lowest BCUT2D eigenvalue weighted by atomic mass is 10.0. The van der Waals surface area contributed by atoms with Crippen molar-refractivity contribution < 1.29 is 14.7 Å². The van der Waals surface area contributed by atoms with Gasteiger partial charge in [0.2, 0.25) is 5.82 Å². The fourth-order valence-corrected chi connectivity index (χ4v) is 1.62. The van der Waals surface area contributed by atoms with Gasteiger partial charge in [-0.2, -0.15) is 0 Å². The van der Waals surface area contributed by atoms with Crippen LogP contribution in [-0.4, -0.2) is 38.2 Å². The normalized spacial score (nSPS) is 12.4. The third kappa shape index (κ3) is 4.69. The summed E-state index contributed by atoms with van der Waals surface area (Å²) >= 11 is 0. The fourth-order valence-electron chi connectivity index (χ4n) is 1.62. The number of amides is 1. The Morgan fingerprint density at radius 1 is 1.42 bits per heavy atom. The topological polar surface area (TPSA) is 108 Å². The van der Waals surface area contributed by atoms with E-state index in [4.69, 9.17) is 5.11 Å². The monoisotopic (exact) mass is 268 g/mol. The number of carbonyl (C=O) groups is 2. The molecule has 0 saturated heterocycles. The summed E-state index contributed by atoms with van der Waals surface area (Å²) in [7, 11) is 0. The molecular weight excluding hydrogens is 248 g/mol. The van der Waals surface area contributed by atoms with Crippen molar-refractivity contribution >= 4 is 11.9 Å². The maximum atomic E-state index is 11.9. The van der Waals surface area contributed by atoms with E-state index in [1.807, 2.05) is 20.8 Å². The summed E-state index contributed by atoms with van der Waals surface area (Å²) in [5.41, 5.74) is 0. The molecule has 0 saturated carbocycles. The molecule has 1 heterocycles. The number of hydrogen-bond acceptors (Lipinski definition) is 4. The number of aryl methyl sites for hydroxylation is 1. The third-order valence-electron chi connectivity index (χ3n) is 2.74. The Balaban J connectivity index is 2.67. The number of aromatic nitrogens is 3. The van der Waals surface area contributed by atoms with Crippen LogP contribution >= 0.6 is 0 Å². The maximum Gasteiger partial charge on any atom is 0.305 e. The molecule has 3 N–H and O–H groups in total. The summed E-state index contributed by atoms with van der Waals surface area (Å²) in [5, 5.41) is 18.0. The van der Waals surface area contributed by atoms with E-state index in [9.17, 15) is 9.59 Å². The minimum Gasteiger partial charge on any atom is -0.481 e. The molecule has 1 unspecified atom stereocenters. The number of nitrogens with zero attached hydrogens (tertiary/aromatic N) is 2. The Hall–Kier alpha value is -1.92.